The van der Waals surface area contributed by atoms with Gasteiger partial charge in [0.15, 0.2) is 0 Å². The van der Waals surface area contributed by atoms with Gasteiger partial charge in [0, 0.05) is 19.5 Å². The Balaban J connectivity index is 0.000000640. The van der Waals surface area contributed by atoms with Crippen molar-refractivity contribution in [2.45, 2.75) is 0 Å². The minimum absolute atomic E-state index is 0. The fourth-order valence-corrected chi connectivity index (χ4v) is 0.537. The monoisotopic (exact) mass is 173 g/mol. The van der Waals surface area contributed by atoms with Gasteiger partial charge in [-0.05, 0) is 0 Å². The van der Waals surface area contributed by atoms with Crippen LogP contribution < -0.4 is 0 Å². The Hall–Kier alpha value is -0.357. The zero-order chi connectivity index (χ0) is 5.98. The van der Waals surface area contributed by atoms with Gasteiger partial charge in [-0.15, -0.1) is 12.1 Å². The van der Waals surface area contributed by atoms with Crippen LogP contribution in [0, 0.1) is 12.7 Å². The van der Waals surface area contributed by atoms with E-state index in [1.54, 1.807) is 12.1 Å². The van der Waals surface area contributed by atoms with E-state index in [2.05, 4.69) is 6.92 Å². The number of rotatable bonds is 0. The summed E-state index contributed by atoms with van der Waals surface area (Å²) in [6.45, 7) is 3.54. The third-order valence-electron chi connectivity index (χ3n) is 0.889. The van der Waals surface area contributed by atoms with Crippen LogP contribution in [-0.4, -0.2) is 0 Å². The molecule has 1 aromatic carbocycles. The molecule has 0 radical (unpaired) electrons. The van der Waals surface area contributed by atoms with E-state index in [1.807, 2.05) is 0 Å². The van der Waals surface area contributed by atoms with E-state index in [9.17, 15) is 4.39 Å². The Morgan fingerprint density at radius 1 is 1.33 bits per heavy atom. The van der Waals surface area contributed by atoms with Crippen LogP contribution in [0.15, 0.2) is 24.3 Å². The molecule has 1 aromatic rings. The van der Waals surface area contributed by atoms with Crippen molar-refractivity contribution >= 4 is 0 Å². The minimum Gasteiger partial charge on any atom is -0.222 e. The Morgan fingerprint density at radius 2 is 2.00 bits per heavy atom. The molecule has 0 saturated carbocycles. The third kappa shape index (κ3) is 2.62. The van der Waals surface area contributed by atoms with E-state index < -0.39 is 0 Å². The fourth-order valence-electron chi connectivity index (χ4n) is 0.537. The molecule has 0 fully saturated rings. The first-order chi connectivity index (χ1) is 3.79. The van der Waals surface area contributed by atoms with Crippen molar-refractivity contribution in [2.75, 3.05) is 0 Å². The normalized spacial score (nSPS) is 8.11. The fraction of sp³-hybridized carbons (Fsp3) is 0. The second kappa shape index (κ2) is 3.63. The first-order valence-electron chi connectivity index (χ1n) is 2.36. The number of halogens is 1. The molecule has 0 unspecified atom stereocenters. The summed E-state index contributed by atoms with van der Waals surface area (Å²) in [5.74, 6) is -0.225. The van der Waals surface area contributed by atoms with Crippen molar-refractivity contribution in [2.24, 2.45) is 0 Å². The molecule has 0 spiro atoms. The molecule has 0 heterocycles. The summed E-state index contributed by atoms with van der Waals surface area (Å²) in [5.41, 5.74) is 0.713. The Kier molecular flexibility index (Phi) is 3.48. The van der Waals surface area contributed by atoms with Gasteiger partial charge in [0.25, 0.3) is 0 Å². The summed E-state index contributed by atoms with van der Waals surface area (Å²) in [7, 11) is 0. The van der Waals surface area contributed by atoms with Gasteiger partial charge in [-0.2, -0.15) is 18.6 Å². The molecule has 0 aliphatic carbocycles. The van der Waals surface area contributed by atoms with E-state index in [1.165, 1.54) is 12.1 Å². The van der Waals surface area contributed by atoms with Crippen molar-refractivity contribution in [3.63, 3.8) is 0 Å². The molecule has 0 aliphatic rings. The molecule has 0 aromatic heterocycles. The summed E-state index contributed by atoms with van der Waals surface area (Å²) in [6, 6.07) is 6.18. The summed E-state index contributed by atoms with van der Waals surface area (Å²) >= 11 is 0. The van der Waals surface area contributed by atoms with Crippen molar-refractivity contribution < 1.29 is 23.9 Å². The van der Waals surface area contributed by atoms with Crippen LogP contribution in [-0.2, 0) is 19.5 Å². The molecule has 44 valence electrons. The van der Waals surface area contributed by atoms with Gasteiger partial charge < -0.3 is 0 Å². The van der Waals surface area contributed by atoms with Crippen LogP contribution in [0.1, 0.15) is 5.56 Å². The van der Waals surface area contributed by atoms with Crippen molar-refractivity contribution in [1.29, 1.82) is 0 Å². The smallest absolute Gasteiger partial charge is 0.0678 e. The van der Waals surface area contributed by atoms with Crippen LogP contribution in [0.5, 0.6) is 0 Å². The second-order valence-corrected chi connectivity index (χ2v) is 1.63. The standard InChI is InChI=1S/C7H6F.Zn/c1-6-3-2-4-7(8)5-6;/h2-5H,1H2;/q-1;. The van der Waals surface area contributed by atoms with Gasteiger partial charge in [0.1, 0.15) is 0 Å². The third-order valence-corrected chi connectivity index (χ3v) is 0.889. The van der Waals surface area contributed by atoms with Gasteiger partial charge in [0.2, 0.25) is 0 Å². The van der Waals surface area contributed by atoms with E-state index in [0.29, 0.717) is 5.56 Å². The second-order valence-electron chi connectivity index (χ2n) is 1.63. The van der Waals surface area contributed by atoms with Crippen LogP contribution in [0.3, 0.4) is 0 Å². The first-order valence-corrected chi connectivity index (χ1v) is 2.36. The maximum absolute atomic E-state index is 12.1. The van der Waals surface area contributed by atoms with Crippen LogP contribution in [0.4, 0.5) is 4.39 Å². The van der Waals surface area contributed by atoms with E-state index in [4.69, 9.17) is 0 Å². The Morgan fingerprint density at radius 3 is 2.33 bits per heavy atom. The molecule has 0 nitrogen and oxygen atoms in total. The average molecular weight is 175 g/mol. The van der Waals surface area contributed by atoms with E-state index >= 15 is 0 Å². The maximum Gasteiger partial charge on any atom is 0.0678 e. The molecule has 1 rings (SSSR count). The summed E-state index contributed by atoms with van der Waals surface area (Å²) in [6.07, 6.45) is 0. The predicted molar refractivity (Wildman–Crippen MR) is 30.9 cm³/mol. The molecular weight excluding hydrogens is 168 g/mol. The SMILES string of the molecule is [CH2-]c1cccc(F)c1.[Zn]. The molecule has 0 N–H and O–H groups in total. The van der Waals surface area contributed by atoms with E-state index in [-0.39, 0.29) is 25.3 Å². The van der Waals surface area contributed by atoms with Crippen molar-refractivity contribution in [1.82, 2.24) is 0 Å². The minimum atomic E-state index is -0.225. The maximum atomic E-state index is 12.1. The molecule has 2 heteroatoms. The molecule has 9 heavy (non-hydrogen) atoms. The largest absolute Gasteiger partial charge is 0.222 e. The first kappa shape index (κ1) is 8.64. The Labute approximate surface area is 66.8 Å². The predicted octanol–water partition coefficient (Wildman–Crippen LogP) is 2.01. The van der Waals surface area contributed by atoms with Crippen LogP contribution in [0.2, 0.25) is 0 Å². The molecular formula is C7H6FZn-. The Bertz CT molecular complexity index is 169. The van der Waals surface area contributed by atoms with Crippen LogP contribution >= 0.6 is 0 Å². The van der Waals surface area contributed by atoms with Crippen molar-refractivity contribution in [3.05, 3.63) is 42.6 Å². The van der Waals surface area contributed by atoms with Crippen molar-refractivity contribution in [3.8, 4) is 0 Å². The topological polar surface area (TPSA) is 0 Å². The van der Waals surface area contributed by atoms with Gasteiger partial charge in [-0.25, -0.2) is 4.39 Å². The zero-order valence-electron chi connectivity index (χ0n) is 5.10. The summed E-state index contributed by atoms with van der Waals surface area (Å²) < 4.78 is 12.1. The molecule has 0 amide bonds. The van der Waals surface area contributed by atoms with Gasteiger partial charge in [0.05, 0.1) is 5.82 Å². The molecule has 0 atom stereocenters. The zero-order valence-corrected chi connectivity index (χ0v) is 8.07. The van der Waals surface area contributed by atoms with Gasteiger partial charge in [-0.1, -0.05) is 6.07 Å². The summed E-state index contributed by atoms with van der Waals surface area (Å²) in [5, 5.41) is 0. The van der Waals surface area contributed by atoms with Gasteiger partial charge >= 0.3 is 0 Å². The van der Waals surface area contributed by atoms with E-state index in [0.717, 1.165) is 0 Å². The molecule has 0 saturated heterocycles. The quantitative estimate of drug-likeness (QED) is 0.417. The summed E-state index contributed by atoms with van der Waals surface area (Å²) in [4.78, 5) is 0. The number of hydrogen-bond donors (Lipinski definition) is 0. The average Bonchev–Trinajstić information content (AvgIpc) is 1.64. The number of benzene rings is 1. The number of hydrogen-bond acceptors (Lipinski definition) is 0. The molecule has 0 bridgehead atoms. The van der Waals surface area contributed by atoms with Gasteiger partial charge in [-0.3, -0.25) is 0 Å². The molecule has 0 aliphatic heterocycles. The van der Waals surface area contributed by atoms with Crippen LogP contribution in [0.25, 0.3) is 0 Å².